The van der Waals surface area contributed by atoms with Gasteiger partial charge in [0.25, 0.3) is 0 Å². The average Bonchev–Trinajstić information content (AvgIpc) is 3.22. The van der Waals surface area contributed by atoms with E-state index in [0.717, 1.165) is 35.0 Å². The Morgan fingerprint density at radius 1 is 0.895 bits per heavy atom. The number of anilines is 1. The van der Waals surface area contributed by atoms with Crippen molar-refractivity contribution in [2.75, 3.05) is 11.9 Å². The van der Waals surface area contributed by atoms with Crippen LogP contribution < -0.4 is 5.32 Å². The SMILES string of the molecule is CCOC(=O)c1c(-c2ccc(F)cc2)csc1NC(=O)C(F)(F)C(F)(F)C(F)(F)C(F)(F)C(F)(F)C(F)F. The van der Waals surface area contributed by atoms with Crippen molar-refractivity contribution in [3.05, 3.63) is 41.0 Å². The number of halogens is 13. The molecule has 0 aliphatic heterocycles. The zero-order chi connectivity index (χ0) is 29.5. The second-order valence-corrected chi connectivity index (χ2v) is 8.14. The first kappa shape index (κ1) is 31.2. The topological polar surface area (TPSA) is 55.4 Å². The maximum Gasteiger partial charge on any atom is 0.393 e. The van der Waals surface area contributed by atoms with E-state index in [1.807, 2.05) is 0 Å². The number of ether oxygens (including phenoxy) is 1. The molecule has 2 aromatic rings. The smallest absolute Gasteiger partial charge is 0.393 e. The molecule has 4 nitrogen and oxygen atoms in total. The minimum Gasteiger partial charge on any atom is -0.462 e. The number of hydrogen-bond donors (Lipinski definition) is 1. The first-order valence-electron chi connectivity index (χ1n) is 9.71. The summed E-state index contributed by atoms with van der Waals surface area (Å²) in [5, 5.41) is 0.799. The van der Waals surface area contributed by atoms with Gasteiger partial charge in [-0.1, -0.05) is 12.1 Å². The molecule has 1 aromatic carbocycles. The van der Waals surface area contributed by atoms with Gasteiger partial charge in [-0.15, -0.1) is 11.3 Å². The molecule has 18 heteroatoms. The predicted octanol–water partition coefficient (Wildman–Crippen LogP) is 7.11. The van der Waals surface area contributed by atoms with Crippen molar-refractivity contribution in [1.29, 1.82) is 0 Å². The van der Waals surface area contributed by atoms with Crippen LogP contribution in [0.3, 0.4) is 0 Å². The normalized spacial score (nSPS) is 13.6. The summed E-state index contributed by atoms with van der Waals surface area (Å²) in [6, 6.07) is 3.82. The number of alkyl halides is 12. The minimum atomic E-state index is -7.90. The molecule has 38 heavy (non-hydrogen) atoms. The van der Waals surface area contributed by atoms with Gasteiger partial charge in [0.1, 0.15) is 16.4 Å². The molecule has 0 saturated carbocycles. The Morgan fingerprint density at radius 3 is 1.89 bits per heavy atom. The molecule has 1 N–H and O–H groups in total. The van der Waals surface area contributed by atoms with Gasteiger partial charge in [0.05, 0.1) is 6.61 Å². The molecule has 0 bridgehead atoms. The summed E-state index contributed by atoms with van der Waals surface area (Å²) in [7, 11) is 0. The Kier molecular flexibility index (Phi) is 8.41. The first-order valence-corrected chi connectivity index (χ1v) is 10.6. The molecule has 0 aliphatic carbocycles. The lowest BCUT2D eigenvalue weighted by atomic mass is 9.94. The molecule has 0 unspecified atom stereocenters. The predicted molar refractivity (Wildman–Crippen MR) is 105 cm³/mol. The van der Waals surface area contributed by atoms with Crippen LogP contribution in [-0.4, -0.2) is 54.5 Å². The Balaban J connectivity index is 2.54. The lowest BCUT2D eigenvalue weighted by Crippen LogP contribution is -2.70. The van der Waals surface area contributed by atoms with Crippen molar-refractivity contribution in [3.63, 3.8) is 0 Å². The van der Waals surface area contributed by atoms with E-state index in [1.54, 1.807) is 0 Å². The summed E-state index contributed by atoms with van der Waals surface area (Å²) < 4.78 is 179. The van der Waals surface area contributed by atoms with Crippen LogP contribution in [0.5, 0.6) is 0 Å². The average molecular weight is 593 g/mol. The lowest BCUT2D eigenvalue weighted by molar-refractivity contribution is -0.406. The number of thiophene rings is 1. The second kappa shape index (κ2) is 10.3. The van der Waals surface area contributed by atoms with E-state index in [9.17, 15) is 66.7 Å². The third-order valence-electron chi connectivity index (χ3n) is 4.81. The van der Waals surface area contributed by atoms with Gasteiger partial charge < -0.3 is 10.1 Å². The van der Waals surface area contributed by atoms with Crippen LogP contribution in [0.15, 0.2) is 29.6 Å². The van der Waals surface area contributed by atoms with Crippen molar-refractivity contribution in [1.82, 2.24) is 0 Å². The summed E-state index contributed by atoms with van der Waals surface area (Å²) >= 11 is 0.146. The number of esters is 1. The summed E-state index contributed by atoms with van der Waals surface area (Å²) in [6.07, 6.45) is -5.69. The highest BCUT2D eigenvalue weighted by atomic mass is 32.1. The lowest BCUT2D eigenvalue weighted by Gasteiger charge is -2.38. The molecule has 1 amide bonds. The number of hydrogen-bond acceptors (Lipinski definition) is 4. The van der Waals surface area contributed by atoms with Gasteiger partial charge in [0.2, 0.25) is 0 Å². The van der Waals surface area contributed by atoms with Crippen molar-refractivity contribution in [2.24, 2.45) is 0 Å². The molecule has 212 valence electrons. The van der Waals surface area contributed by atoms with Crippen LogP contribution in [0.25, 0.3) is 11.1 Å². The quantitative estimate of drug-likeness (QED) is 0.236. The van der Waals surface area contributed by atoms with Gasteiger partial charge >= 0.3 is 47.9 Å². The molecular formula is C20H12F13NO3S. The van der Waals surface area contributed by atoms with Crippen molar-refractivity contribution >= 4 is 28.2 Å². The van der Waals surface area contributed by atoms with Gasteiger partial charge in [0.15, 0.2) is 0 Å². The van der Waals surface area contributed by atoms with E-state index in [0.29, 0.717) is 0 Å². The van der Waals surface area contributed by atoms with E-state index in [-0.39, 0.29) is 29.1 Å². The summed E-state index contributed by atoms with van der Waals surface area (Å²) in [5.74, 6) is -43.2. The summed E-state index contributed by atoms with van der Waals surface area (Å²) in [6.45, 7) is 0.880. The zero-order valence-corrected chi connectivity index (χ0v) is 19.0. The largest absolute Gasteiger partial charge is 0.462 e. The Hall–Kier alpha value is -3.05. The van der Waals surface area contributed by atoms with Crippen LogP contribution in [-0.2, 0) is 9.53 Å². The Labute approximate surface area is 207 Å². The third-order valence-corrected chi connectivity index (χ3v) is 5.71. The number of carbonyl (C=O) groups excluding carboxylic acids is 2. The van der Waals surface area contributed by atoms with Gasteiger partial charge in [-0.05, 0) is 24.6 Å². The maximum atomic E-state index is 14.2. The fraction of sp³-hybridized carbons (Fsp3) is 0.400. The molecule has 0 radical (unpaired) electrons. The van der Waals surface area contributed by atoms with E-state index in [2.05, 4.69) is 4.74 Å². The highest BCUT2D eigenvalue weighted by Crippen LogP contribution is 2.58. The zero-order valence-electron chi connectivity index (χ0n) is 18.2. The molecule has 1 aromatic heterocycles. The van der Waals surface area contributed by atoms with Crippen molar-refractivity contribution in [3.8, 4) is 11.1 Å². The minimum absolute atomic E-state index is 0.0244. The Morgan fingerprint density at radius 2 is 1.42 bits per heavy atom. The van der Waals surface area contributed by atoms with E-state index < -0.39 is 64.3 Å². The second-order valence-electron chi connectivity index (χ2n) is 7.26. The maximum absolute atomic E-state index is 14.2. The van der Waals surface area contributed by atoms with Crippen LogP contribution in [0.2, 0.25) is 0 Å². The van der Waals surface area contributed by atoms with Gasteiger partial charge in [-0.3, -0.25) is 4.79 Å². The van der Waals surface area contributed by atoms with Crippen LogP contribution >= 0.6 is 11.3 Å². The molecule has 0 fully saturated rings. The molecule has 1 heterocycles. The van der Waals surface area contributed by atoms with Crippen LogP contribution in [0, 0.1) is 5.82 Å². The molecule has 0 aliphatic rings. The fourth-order valence-electron chi connectivity index (χ4n) is 2.76. The van der Waals surface area contributed by atoms with E-state index in [1.165, 1.54) is 6.92 Å². The van der Waals surface area contributed by atoms with Gasteiger partial charge in [-0.2, -0.15) is 43.9 Å². The van der Waals surface area contributed by atoms with Gasteiger partial charge in [0, 0.05) is 10.9 Å². The van der Waals surface area contributed by atoms with Gasteiger partial charge in [-0.25, -0.2) is 18.0 Å². The Bertz CT molecular complexity index is 1180. The highest BCUT2D eigenvalue weighted by Gasteiger charge is 2.89. The summed E-state index contributed by atoms with van der Waals surface area (Å²) in [4.78, 5) is 24.2. The summed E-state index contributed by atoms with van der Waals surface area (Å²) in [5.41, 5.74) is -1.13. The van der Waals surface area contributed by atoms with Crippen molar-refractivity contribution in [2.45, 2.75) is 43.0 Å². The van der Waals surface area contributed by atoms with Crippen molar-refractivity contribution < 1.29 is 71.4 Å². The first-order chi connectivity index (χ1) is 17.2. The molecule has 0 saturated heterocycles. The van der Waals surface area contributed by atoms with E-state index >= 15 is 0 Å². The van der Waals surface area contributed by atoms with E-state index in [4.69, 9.17) is 0 Å². The number of carbonyl (C=O) groups is 2. The number of rotatable bonds is 10. The monoisotopic (exact) mass is 593 g/mol. The standard InChI is InChI=1S/C20H12F13NO3S/c1-2-37-13(35)11-10(8-3-5-9(21)6-4-8)7-38-12(11)34-15(36)17(26,27)19(30,31)20(32,33)18(28,29)16(24,25)14(22)23/h3-7,14H,2H2,1H3,(H,34,36). The molecule has 0 atom stereocenters. The number of benzene rings is 1. The third kappa shape index (κ3) is 4.89. The number of amides is 1. The molecule has 0 spiro atoms. The van der Waals surface area contributed by atoms with Crippen LogP contribution in [0.1, 0.15) is 17.3 Å². The van der Waals surface area contributed by atoms with Crippen LogP contribution in [0.4, 0.5) is 62.1 Å². The molecule has 2 rings (SSSR count). The highest BCUT2D eigenvalue weighted by molar-refractivity contribution is 7.15. The fourth-order valence-corrected chi connectivity index (χ4v) is 3.72. The number of nitrogens with one attached hydrogen (secondary N) is 1. The molecular weight excluding hydrogens is 581 g/mol.